The van der Waals surface area contributed by atoms with Crippen LogP contribution in [0.1, 0.15) is 28.6 Å². The van der Waals surface area contributed by atoms with Crippen LogP contribution in [0.2, 0.25) is 5.02 Å². The maximum Gasteiger partial charge on any atom is 0.416 e. The van der Waals surface area contributed by atoms with Gasteiger partial charge in [-0.3, -0.25) is 4.68 Å². The molecule has 1 aromatic carbocycles. The number of benzene rings is 1. The van der Waals surface area contributed by atoms with Gasteiger partial charge in [0.05, 0.1) is 28.1 Å². The molecule has 2 rings (SSSR count). The summed E-state index contributed by atoms with van der Waals surface area (Å²) in [6.45, 7) is 1.75. The molecule has 21 heavy (non-hydrogen) atoms. The number of hydrogen-bond acceptors (Lipinski definition) is 2. The van der Waals surface area contributed by atoms with Crippen molar-refractivity contribution in [3.8, 4) is 0 Å². The van der Waals surface area contributed by atoms with E-state index in [1.165, 1.54) is 12.1 Å². The van der Waals surface area contributed by atoms with Crippen molar-refractivity contribution in [2.45, 2.75) is 25.6 Å². The number of aryl methyl sites for hydroxylation is 2. The lowest BCUT2D eigenvalue weighted by molar-refractivity contribution is -0.137. The van der Waals surface area contributed by atoms with Crippen molar-refractivity contribution in [2.75, 3.05) is 0 Å². The highest BCUT2D eigenvalue weighted by Crippen LogP contribution is 2.31. The Hall–Kier alpha value is -1.53. The molecule has 0 aliphatic carbocycles. The van der Waals surface area contributed by atoms with Crippen LogP contribution in [0.25, 0.3) is 0 Å². The second kappa shape index (κ2) is 5.69. The first kappa shape index (κ1) is 15.9. The van der Waals surface area contributed by atoms with Gasteiger partial charge in [-0.15, -0.1) is 0 Å². The van der Waals surface area contributed by atoms with Crippen LogP contribution in [0.5, 0.6) is 0 Å². The van der Waals surface area contributed by atoms with Gasteiger partial charge in [-0.1, -0.05) is 23.7 Å². The Bertz CT molecular complexity index is 635. The number of hydrogen-bond donors (Lipinski definition) is 1. The molecule has 7 heteroatoms. The Morgan fingerprint density at radius 1 is 1.29 bits per heavy atom. The maximum atomic E-state index is 12.5. The van der Waals surface area contributed by atoms with Crippen molar-refractivity contribution in [3.63, 3.8) is 0 Å². The second-order valence-corrected chi connectivity index (χ2v) is 5.19. The summed E-state index contributed by atoms with van der Waals surface area (Å²) in [5.74, 6) is 0. The molecule has 0 radical (unpaired) electrons. The molecule has 0 fully saturated rings. The van der Waals surface area contributed by atoms with E-state index in [4.69, 9.17) is 11.6 Å². The lowest BCUT2D eigenvalue weighted by atomic mass is 10.0. The lowest BCUT2D eigenvalue weighted by Gasteiger charge is -2.13. The highest BCUT2D eigenvalue weighted by molar-refractivity contribution is 6.31. The highest BCUT2D eigenvalue weighted by atomic mass is 35.5. The minimum Gasteiger partial charge on any atom is -0.388 e. The molecule has 0 aliphatic rings. The Morgan fingerprint density at radius 2 is 1.86 bits per heavy atom. The molecule has 1 heterocycles. The molecule has 0 spiro atoms. The Labute approximate surface area is 125 Å². The van der Waals surface area contributed by atoms with Crippen molar-refractivity contribution >= 4 is 11.6 Å². The molecule has 0 amide bonds. The fraction of sp³-hybridized carbons (Fsp3) is 0.357. The van der Waals surface area contributed by atoms with Crippen LogP contribution in [0.3, 0.4) is 0 Å². The number of aliphatic hydroxyl groups excluding tert-OH is 1. The van der Waals surface area contributed by atoms with Crippen LogP contribution in [0.15, 0.2) is 24.3 Å². The van der Waals surface area contributed by atoms with E-state index in [-0.39, 0.29) is 6.42 Å². The average Bonchev–Trinajstić information content (AvgIpc) is 2.64. The molecular weight excluding hydrogens is 305 g/mol. The first-order chi connectivity index (χ1) is 9.70. The minimum absolute atomic E-state index is 0.182. The zero-order chi connectivity index (χ0) is 15.8. The Balaban J connectivity index is 2.19. The summed E-state index contributed by atoms with van der Waals surface area (Å²) in [5.41, 5.74) is 0.945. The van der Waals surface area contributed by atoms with Crippen LogP contribution < -0.4 is 0 Å². The first-order valence-electron chi connectivity index (χ1n) is 6.23. The molecule has 2 aromatic rings. The molecule has 0 saturated heterocycles. The Kier molecular flexibility index (Phi) is 4.30. The predicted molar refractivity (Wildman–Crippen MR) is 73.1 cm³/mol. The van der Waals surface area contributed by atoms with Crippen LogP contribution in [0, 0.1) is 6.92 Å². The topological polar surface area (TPSA) is 38.0 Å². The third-order valence-electron chi connectivity index (χ3n) is 3.27. The van der Waals surface area contributed by atoms with Gasteiger partial charge < -0.3 is 5.11 Å². The van der Waals surface area contributed by atoms with E-state index in [1.807, 2.05) is 0 Å². The number of rotatable bonds is 3. The third-order valence-corrected chi connectivity index (χ3v) is 3.76. The molecule has 0 aliphatic heterocycles. The highest BCUT2D eigenvalue weighted by Gasteiger charge is 2.30. The molecule has 1 aromatic heterocycles. The molecule has 114 valence electrons. The van der Waals surface area contributed by atoms with Crippen LogP contribution >= 0.6 is 11.6 Å². The standard InChI is InChI=1S/C14H14ClF3N2O/c1-8-13(15)11(20(2)19-8)7-12(21)9-3-5-10(6-4-9)14(16,17)18/h3-6,12,21H,7H2,1-2H3. The fourth-order valence-electron chi connectivity index (χ4n) is 2.10. The van der Waals surface area contributed by atoms with Gasteiger partial charge >= 0.3 is 6.18 Å². The molecule has 0 bridgehead atoms. The number of halogens is 4. The smallest absolute Gasteiger partial charge is 0.388 e. The van der Waals surface area contributed by atoms with Crippen molar-refractivity contribution in [1.82, 2.24) is 9.78 Å². The zero-order valence-electron chi connectivity index (χ0n) is 11.4. The number of alkyl halides is 3. The molecule has 1 N–H and O–H groups in total. The van der Waals surface area contributed by atoms with E-state index < -0.39 is 17.8 Å². The third kappa shape index (κ3) is 3.39. The molecule has 1 atom stereocenters. The van der Waals surface area contributed by atoms with Crippen molar-refractivity contribution in [3.05, 3.63) is 51.8 Å². The fourth-order valence-corrected chi connectivity index (χ4v) is 2.33. The van der Waals surface area contributed by atoms with Gasteiger partial charge in [0, 0.05) is 13.5 Å². The van der Waals surface area contributed by atoms with E-state index in [0.717, 1.165) is 12.1 Å². The monoisotopic (exact) mass is 318 g/mol. The van der Waals surface area contributed by atoms with Gasteiger partial charge in [-0.25, -0.2) is 0 Å². The summed E-state index contributed by atoms with van der Waals surface area (Å²) >= 11 is 6.09. The van der Waals surface area contributed by atoms with Gasteiger partial charge in [-0.2, -0.15) is 18.3 Å². The average molecular weight is 319 g/mol. The predicted octanol–water partition coefficient (Wildman–Crippen LogP) is 3.68. The molecular formula is C14H14ClF3N2O. The minimum atomic E-state index is -4.38. The summed E-state index contributed by atoms with van der Waals surface area (Å²) in [6.07, 6.45) is -5.15. The van der Waals surface area contributed by atoms with E-state index in [9.17, 15) is 18.3 Å². The summed E-state index contributed by atoms with van der Waals surface area (Å²) in [7, 11) is 1.70. The largest absolute Gasteiger partial charge is 0.416 e. The van der Waals surface area contributed by atoms with Crippen LogP contribution in [-0.4, -0.2) is 14.9 Å². The molecule has 0 saturated carbocycles. The van der Waals surface area contributed by atoms with Gasteiger partial charge in [0.25, 0.3) is 0 Å². The first-order valence-corrected chi connectivity index (χ1v) is 6.61. The van der Waals surface area contributed by atoms with Crippen LogP contribution in [0.4, 0.5) is 13.2 Å². The van der Waals surface area contributed by atoms with Crippen molar-refractivity contribution in [2.24, 2.45) is 7.05 Å². The van der Waals surface area contributed by atoms with Gasteiger partial charge in [-0.05, 0) is 24.6 Å². The van der Waals surface area contributed by atoms with Gasteiger partial charge in [0.2, 0.25) is 0 Å². The van der Waals surface area contributed by atoms with Gasteiger partial charge in [0.1, 0.15) is 0 Å². The zero-order valence-corrected chi connectivity index (χ0v) is 12.2. The van der Waals surface area contributed by atoms with Gasteiger partial charge in [0.15, 0.2) is 0 Å². The number of aliphatic hydroxyl groups is 1. The summed E-state index contributed by atoms with van der Waals surface area (Å²) in [5, 5.41) is 14.7. The summed E-state index contributed by atoms with van der Waals surface area (Å²) in [4.78, 5) is 0. The number of aromatic nitrogens is 2. The second-order valence-electron chi connectivity index (χ2n) is 4.81. The van der Waals surface area contributed by atoms with Crippen molar-refractivity contribution in [1.29, 1.82) is 0 Å². The molecule has 1 unspecified atom stereocenters. The van der Waals surface area contributed by atoms with E-state index >= 15 is 0 Å². The van der Waals surface area contributed by atoms with E-state index in [1.54, 1.807) is 18.7 Å². The summed E-state index contributed by atoms with van der Waals surface area (Å²) < 4.78 is 39.0. The van der Waals surface area contributed by atoms with Crippen LogP contribution in [-0.2, 0) is 19.6 Å². The Morgan fingerprint density at radius 3 is 2.29 bits per heavy atom. The lowest BCUT2D eigenvalue weighted by Crippen LogP contribution is -2.08. The van der Waals surface area contributed by atoms with Crippen molar-refractivity contribution < 1.29 is 18.3 Å². The maximum absolute atomic E-state index is 12.5. The van der Waals surface area contributed by atoms with E-state index in [2.05, 4.69) is 5.10 Å². The quantitative estimate of drug-likeness (QED) is 0.937. The molecule has 3 nitrogen and oxygen atoms in total. The normalized spacial score (nSPS) is 13.5. The number of nitrogens with zero attached hydrogens (tertiary/aromatic N) is 2. The summed E-state index contributed by atoms with van der Waals surface area (Å²) in [6, 6.07) is 4.44. The SMILES string of the molecule is Cc1nn(C)c(CC(O)c2ccc(C(F)(F)F)cc2)c1Cl. The van der Waals surface area contributed by atoms with E-state index in [0.29, 0.717) is 22.0 Å².